The van der Waals surface area contributed by atoms with Gasteiger partial charge in [-0.15, -0.1) is 0 Å². The van der Waals surface area contributed by atoms with Crippen LogP contribution in [0.25, 0.3) is 0 Å². The van der Waals surface area contributed by atoms with Gasteiger partial charge < -0.3 is 10.2 Å². The van der Waals surface area contributed by atoms with E-state index in [1.807, 2.05) is 0 Å². The van der Waals surface area contributed by atoms with Gasteiger partial charge >= 0.3 is 0 Å². The second-order valence-corrected chi connectivity index (χ2v) is 6.23. The lowest BCUT2D eigenvalue weighted by Crippen LogP contribution is -2.46. The van der Waals surface area contributed by atoms with E-state index in [9.17, 15) is 0 Å². The predicted molar refractivity (Wildman–Crippen MR) is 78.0 cm³/mol. The first-order valence-corrected chi connectivity index (χ1v) is 7.88. The highest BCUT2D eigenvalue weighted by molar-refractivity contribution is 4.86. The Labute approximate surface area is 113 Å². The van der Waals surface area contributed by atoms with Crippen molar-refractivity contribution in [2.45, 2.75) is 51.6 Å². The smallest absolute Gasteiger partial charge is 0.0223 e. The molecule has 2 aliphatic heterocycles. The molecule has 0 bridgehead atoms. The molecule has 3 atom stereocenters. The van der Waals surface area contributed by atoms with Crippen molar-refractivity contribution in [1.82, 2.24) is 15.1 Å². The number of hydrogen-bond acceptors (Lipinski definition) is 3. The first-order chi connectivity index (χ1) is 8.74. The number of nitrogens with one attached hydrogen (secondary N) is 1. The van der Waals surface area contributed by atoms with Gasteiger partial charge in [-0.1, -0.05) is 20.3 Å². The average molecular weight is 253 g/mol. The van der Waals surface area contributed by atoms with Gasteiger partial charge in [0.05, 0.1) is 0 Å². The molecule has 3 heteroatoms. The molecular formula is C15H31N3. The summed E-state index contributed by atoms with van der Waals surface area (Å²) in [6.07, 6.45) is 5.46. The van der Waals surface area contributed by atoms with Crippen molar-refractivity contribution in [3.05, 3.63) is 0 Å². The molecule has 0 aromatic rings. The van der Waals surface area contributed by atoms with E-state index in [1.54, 1.807) is 0 Å². The fourth-order valence-corrected chi connectivity index (χ4v) is 3.57. The Hall–Kier alpha value is -0.120. The second-order valence-electron chi connectivity index (χ2n) is 6.23. The third-order valence-electron chi connectivity index (χ3n) is 5.04. The van der Waals surface area contributed by atoms with E-state index < -0.39 is 0 Å². The van der Waals surface area contributed by atoms with Crippen LogP contribution in [0.4, 0.5) is 0 Å². The topological polar surface area (TPSA) is 18.5 Å². The normalized spacial score (nSPS) is 29.8. The molecule has 3 nitrogen and oxygen atoms in total. The SMILES string of the molecule is CCC(C)C(CN1CCCN2CCCC2C1)NC. The average Bonchev–Trinajstić information content (AvgIpc) is 2.73. The van der Waals surface area contributed by atoms with Crippen molar-refractivity contribution < 1.29 is 0 Å². The van der Waals surface area contributed by atoms with Crippen LogP contribution in [0.15, 0.2) is 0 Å². The number of nitrogens with zero attached hydrogens (tertiary/aromatic N) is 2. The van der Waals surface area contributed by atoms with E-state index in [-0.39, 0.29) is 0 Å². The first-order valence-electron chi connectivity index (χ1n) is 7.88. The van der Waals surface area contributed by atoms with E-state index in [0.29, 0.717) is 6.04 Å². The third kappa shape index (κ3) is 3.46. The summed E-state index contributed by atoms with van der Waals surface area (Å²) < 4.78 is 0. The number of likely N-dealkylation sites (N-methyl/N-ethyl adjacent to an activating group) is 1. The predicted octanol–water partition coefficient (Wildman–Crippen LogP) is 1.79. The molecule has 2 saturated heterocycles. The summed E-state index contributed by atoms with van der Waals surface area (Å²) in [5.41, 5.74) is 0. The zero-order valence-electron chi connectivity index (χ0n) is 12.5. The zero-order valence-corrected chi connectivity index (χ0v) is 12.5. The van der Waals surface area contributed by atoms with Crippen LogP contribution in [0.1, 0.15) is 39.5 Å². The molecule has 0 amide bonds. The molecule has 0 radical (unpaired) electrons. The van der Waals surface area contributed by atoms with Crippen molar-refractivity contribution in [1.29, 1.82) is 0 Å². The second kappa shape index (κ2) is 6.88. The minimum absolute atomic E-state index is 0.656. The molecule has 2 aliphatic rings. The van der Waals surface area contributed by atoms with Crippen LogP contribution in [-0.2, 0) is 0 Å². The fourth-order valence-electron chi connectivity index (χ4n) is 3.57. The summed E-state index contributed by atoms with van der Waals surface area (Å²) in [6, 6.07) is 1.50. The minimum Gasteiger partial charge on any atom is -0.315 e. The molecule has 0 saturated carbocycles. The van der Waals surface area contributed by atoms with Crippen molar-refractivity contribution in [3.63, 3.8) is 0 Å². The molecule has 18 heavy (non-hydrogen) atoms. The maximum absolute atomic E-state index is 3.52. The quantitative estimate of drug-likeness (QED) is 0.806. The van der Waals surface area contributed by atoms with Crippen LogP contribution in [-0.4, -0.2) is 61.7 Å². The molecule has 3 unspecified atom stereocenters. The van der Waals surface area contributed by atoms with Gasteiger partial charge in [0.2, 0.25) is 0 Å². The van der Waals surface area contributed by atoms with Crippen molar-refractivity contribution in [2.75, 3.05) is 39.8 Å². The highest BCUT2D eigenvalue weighted by Gasteiger charge is 2.29. The maximum Gasteiger partial charge on any atom is 0.0223 e. The summed E-state index contributed by atoms with van der Waals surface area (Å²) in [7, 11) is 2.12. The van der Waals surface area contributed by atoms with E-state index in [0.717, 1.165) is 12.0 Å². The van der Waals surface area contributed by atoms with Crippen molar-refractivity contribution in [2.24, 2.45) is 5.92 Å². The van der Waals surface area contributed by atoms with Gasteiger partial charge in [0.15, 0.2) is 0 Å². The molecule has 2 fully saturated rings. The molecule has 1 N–H and O–H groups in total. The molecule has 0 aromatic carbocycles. The lowest BCUT2D eigenvalue weighted by molar-refractivity contribution is 0.191. The Morgan fingerprint density at radius 3 is 2.72 bits per heavy atom. The van der Waals surface area contributed by atoms with Crippen LogP contribution in [0.2, 0.25) is 0 Å². The molecule has 0 spiro atoms. The summed E-state index contributed by atoms with van der Waals surface area (Å²) in [4.78, 5) is 5.43. The molecule has 2 rings (SSSR count). The van der Waals surface area contributed by atoms with Gasteiger partial charge in [-0.3, -0.25) is 4.90 Å². The highest BCUT2D eigenvalue weighted by atomic mass is 15.3. The summed E-state index contributed by atoms with van der Waals surface area (Å²) in [5, 5.41) is 3.52. The van der Waals surface area contributed by atoms with Gasteiger partial charge in [0.1, 0.15) is 0 Å². The van der Waals surface area contributed by atoms with Crippen molar-refractivity contribution >= 4 is 0 Å². The van der Waals surface area contributed by atoms with Crippen molar-refractivity contribution in [3.8, 4) is 0 Å². The molecule has 0 aliphatic carbocycles. The summed E-state index contributed by atoms with van der Waals surface area (Å²) in [5.74, 6) is 0.776. The van der Waals surface area contributed by atoms with Crippen LogP contribution in [0, 0.1) is 5.92 Å². The number of hydrogen-bond donors (Lipinski definition) is 1. The van der Waals surface area contributed by atoms with Gasteiger partial charge in [0.25, 0.3) is 0 Å². The molecule has 2 heterocycles. The fraction of sp³-hybridized carbons (Fsp3) is 1.00. The van der Waals surface area contributed by atoms with E-state index in [2.05, 4.69) is 36.0 Å². The Kier molecular flexibility index (Phi) is 5.46. The third-order valence-corrected chi connectivity index (χ3v) is 5.04. The Morgan fingerprint density at radius 1 is 1.22 bits per heavy atom. The van der Waals surface area contributed by atoms with Gasteiger partial charge in [-0.25, -0.2) is 0 Å². The van der Waals surface area contributed by atoms with Gasteiger partial charge in [-0.2, -0.15) is 0 Å². The van der Waals surface area contributed by atoms with Gasteiger partial charge in [-0.05, 0) is 51.9 Å². The minimum atomic E-state index is 0.656. The Bertz CT molecular complexity index is 244. The summed E-state index contributed by atoms with van der Waals surface area (Å²) >= 11 is 0. The molecular weight excluding hydrogens is 222 g/mol. The van der Waals surface area contributed by atoms with E-state index in [4.69, 9.17) is 0 Å². The van der Waals surface area contributed by atoms with Crippen LogP contribution in [0.3, 0.4) is 0 Å². The Balaban J connectivity index is 1.87. The van der Waals surface area contributed by atoms with E-state index >= 15 is 0 Å². The lowest BCUT2D eigenvalue weighted by Gasteiger charge is -2.31. The lowest BCUT2D eigenvalue weighted by atomic mass is 9.98. The maximum atomic E-state index is 3.52. The standard InChI is InChI=1S/C15H31N3/c1-4-13(2)15(16-3)12-17-8-6-10-18-9-5-7-14(18)11-17/h13-16H,4-12H2,1-3H3. The highest BCUT2D eigenvalue weighted by Crippen LogP contribution is 2.22. The Morgan fingerprint density at radius 2 is 2.00 bits per heavy atom. The van der Waals surface area contributed by atoms with Crippen LogP contribution >= 0.6 is 0 Å². The van der Waals surface area contributed by atoms with Gasteiger partial charge in [0, 0.05) is 25.2 Å². The summed E-state index contributed by atoms with van der Waals surface area (Å²) in [6.45, 7) is 11.2. The zero-order chi connectivity index (χ0) is 13.0. The van der Waals surface area contributed by atoms with Crippen LogP contribution < -0.4 is 5.32 Å². The largest absolute Gasteiger partial charge is 0.315 e. The first kappa shape index (κ1) is 14.3. The number of rotatable bonds is 5. The monoisotopic (exact) mass is 253 g/mol. The molecule has 106 valence electrons. The van der Waals surface area contributed by atoms with Crippen LogP contribution in [0.5, 0.6) is 0 Å². The number of fused-ring (bicyclic) bond motifs is 1. The van der Waals surface area contributed by atoms with E-state index in [1.165, 1.54) is 58.4 Å². The molecule has 0 aromatic heterocycles.